The summed E-state index contributed by atoms with van der Waals surface area (Å²) in [5.74, 6) is 1.14. The topological polar surface area (TPSA) is 81.2 Å². The molecule has 0 aliphatic rings. The Balaban J connectivity index is 2.54. The van der Waals surface area contributed by atoms with E-state index >= 15 is 0 Å². The molecule has 0 radical (unpaired) electrons. The van der Waals surface area contributed by atoms with Crippen LogP contribution < -0.4 is 5.32 Å². The standard InChI is InChI=1S/C10H15N3O3S/c1-3-17(15)7-6-11-8-4-5-12-9(13-8)10(14)16-2/h4-5H,3,6-7H2,1-2H3,(H,11,12,13). The predicted molar refractivity (Wildman–Crippen MR) is 65.4 cm³/mol. The fourth-order valence-corrected chi connectivity index (χ4v) is 1.70. The van der Waals surface area contributed by atoms with Crippen molar-refractivity contribution in [2.45, 2.75) is 6.92 Å². The highest BCUT2D eigenvalue weighted by atomic mass is 32.2. The zero-order valence-corrected chi connectivity index (χ0v) is 10.6. The molecule has 0 aliphatic heterocycles. The lowest BCUT2D eigenvalue weighted by Gasteiger charge is -2.05. The van der Waals surface area contributed by atoms with Crippen LogP contribution in [0.1, 0.15) is 17.5 Å². The van der Waals surface area contributed by atoms with Gasteiger partial charge in [-0.1, -0.05) is 6.92 Å². The van der Waals surface area contributed by atoms with Gasteiger partial charge in [-0.2, -0.15) is 0 Å². The van der Waals surface area contributed by atoms with Crippen LogP contribution in [0.3, 0.4) is 0 Å². The van der Waals surface area contributed by atoms with Gasteiger partial charge >= 0.3 is 5.97 Å². The molecule has 1 rings (SSSR count). The Bertz CT molecular complexity index is 412. The van der Waals surface area contributed by atoms with Crippen LogP contribution in [-0.2, 0) is 15.5 Å². The van der Waals surface area contributed by atoms with Gasteiger partial charge in [0.05, 0.1) is 7.11 Å². The van der Waals surface area contributed by atoms with Crippen LogP contribution in [0.25, 0.3) is 0 Å². The summed E-state index contributed by atoms with van der Waals surface area (Å²) in [5, 5.41) is 2.98. The molecule has 94 valence electrons. The maximum absolute atomic E-state index is 11.2. The van der Waals surface area contributed by atoms with Crippen LogP contribution in [0.5, 0.6) is 0 Å². The number of hydrogen-bond acceptors (Lipinski definition) is 6. The third-order valence-corrected chi connectivity index (χ3v) is 3.28. The van der Waals surface area contributed by atoms with Crippen LogP contribution >= 0.6 is 0 Å². The minimum atomic E-state index is -0.814. The van der Waals surface area contributed by atoms with Gasteiger partial charge in [-0.25, -0.2) is 14.8 Å². The Morgan fingerprint density at radius 2 is 2.35 bits per heavy atom. The SMILES string of the molecule is CCS(=O)CCNc1ccnc(C(=O)OC)n1. The molecule has 0 bridgehead atoms. The fourth-order valence-electron chi connectivity index (χ4n) is 1.08. The van der Waals surface area contributed by atoms with Crippen LogP contribution in [0, 0.1) is 0 Å². The lowest BCUT2D eigenvalue weighted by molar-refractivity contribution is 0.0587. The van der Waals surface area contributed by atoms with E-state index in [9.17, 15) is 9.00 Å². The van der Waals surface area contributed by atoms with Gasteiger partial charge < -0.3 is 10.1 Å². The number of anilines is 1. The van der Waals surface area contributed by atoms with E-state index < -0.39 is 16.8 Å². The molecule has 0 aromatic carbocycles. The lowest BCUT2D eigenvalue weighted by Crippen LogP contribution is -2.14. The predicted octanol–water partition coefficient (Wildman–Crippen LogP) is 0.444. The van der Waals surface area contributed by atoms with E-state index in [4.69, 9.17) is 0 Å². The average molecular weight is 257 g/mol. The van der Waals surface area contributed by atoms with E-state index in [-0.39, 0.29) is 5.82 Å². The van der Waals surface area contributed by atoms with Crippen molar-refractivity contribution in [2.75, 3.05) is 30.5 Å². The van der Waals surface area contributed by atoms with Gasteiger partial charge in [0.2, 0.25) is 5.82 Å². The van der Waals surface area contributed by atoms with Gasteiger partial charge in [0.25, 0.3) is 0 Å². The van der Waals surface area contributed by atoms with Crippen molar-refractivity contribution in [2.24, 2.45) is 0 Å². The van der Waals surface area contributed by atoms with Crippen molar-refractivity contribution in [3.63, 3.8) is 0 Å². The highest BCUT2D eigenvalue weighted by Gasteiger charge is 2.09. The number of esters is 1. The quantitative estimate of drug-likeness (QED) is 0.745. The molecular formula is C10H15N3O3S. The molecular weight excluding hydrogens is 242 g/mol. The van der Waals surface area contributed by atoms with Gasteiger partial charge in [-0.05, 0) is 6.07 Å². The number of rotatable bonds is 6. The second kappa shape index (κ2) is 6.95. The summed E-state index contributed by atoms with van der Waals surface area (Å²) in [7, 11) is 0.460. The zero-order valence-electron chi connectivity index (χ0n) is 9.80. The number of nitrogens with one attached hydrogen (secondary N) is 1. The molecule has 6 nitrogen and oxygen atoms in total. The molecule has 1 aromatic heterocycles. The van der Waals surface area contributed by atoms with Crippen LogP contribution in [0.4, 0.5) is 5.82 Å². The summed E-state index contributed by atoms with van der Waals surface area (Å²) in [6, 6.07) is 1.64. The van der Waals surface area contributed by atoms with E-state index in [2.05, 4.69) is 20.0 Å². The number of methoxy groups -OCH3 is 1. The second-order valence-corrected chi connectivity index (χ2v) is 4.98. The molecule has 1 atom stereocenters. The first-order valence-corrected chi connectivity index (χ1v) is 6.66. The zero-order chi connectivity index (χ0) is 12.7. The minimum absolute atomic E-state index is 0.00844. The Morgan fingerprint density at radius 3 is 3.00 bits per heavy atom. The lowest BCUT2D eigenvalue weighted by atomic mass is 10.5. The van der Waals surface area contributed by atoms with Crippen molar-refractivity contribution >= 4 is 22.6 Å². The summed E-state index contributed by atoms with van der Waals surface area (Å²) in [6.45, 7) is 2.41. The van der Waals surface area contributed by atoms with Crippen molar-refractivity contribution in [1.82, 2.24) is 9.97 Å². The highest BCUT2D eigenvalue weighted by molar-refractivity contribution is 7.84. The molecule has 0 saturated heterocycles. The average Bonchev–Trinajstić information content (AvgIpc) is 2.38. The molecule has 0 saturated carbocycles. The van der Waals surface area contributed by atoms with E-state index in [0.717, 1.165) is 0 Å². The first-order chi connectivity index (χ1) is 8.17. The molecule has 0 amide bonds. The monoisotopic (exact) mass is 257 g/mol. The molecule has 0 fully saturated rings. The summed E-state index contributed by atoms with van der Waals surface area (Å²) < 4.78 is 15.7. The summed E-state index contributed by atoms with van der Waals surface area (Å²) in [5.41, 5.74) is 0. The fraction of sp³-hybridized carbons (Fsp3) is 0.500. The van der Waals surface area contributed by atoms with Crippen LogP contribution in [-0.4, -0.2) is 45.3 Å². The normalized spacial score (nSPS) is 11.9. The summed E-state index contributed by atoms with van der Waals surface area (Å²) in [4.78, 5) is 18.9. The first kappa shape index (κ1) is 13.6. The number of nitrogens with zero attached hydrogens (tertiary/aromatic N) is 2. The van der Waals surface area contributed by atoms with Crippen molar-refractivity contribution in [1.29, 1.82) is 0 Å². The number of ether oxygens (including phenoxy) is 1. The maximum Gasteiger partial charge on any atom is 0.376 e. The Kier molecular flexibility index (Phi) is 5.55. The van der Waals surface area contributed by atoms with Gasteiger partial charge in [-0.15, -0.1) is 0 Å². The van der Waals surface area contributed by atoms with Crippen LogP contribution in [0.15, 0.2) is 12.3 Å². The van der Waals surface area contributed by atoms with E-state index in [1.54, 1.807) is 6.07 Å². The van der Waals surface area contributed by atoms with Gasteiger partial charge in [-0.3, -0.25) is 4.21 Å². The van der Waals surface area contributed by atoms with E-state index in [1.807, 2.05) is 6.92 Å². The minimum Gasteiger partial charge on any atom is -0.463 e. The maximum atomic E-state index is 11.2. The highest BCUT2D eigenvalue weighted by Crippen LogP contribution is 2.02. The Labute approximate surface area is 102 Å². The smallest absolute Gasteiger partial charge is 0.376 e. The Morgan fingerprint density at radius 1 is 1.59 bits per heavy atom. The van der Waals surface area contributed by atoms with Crippen molar-refractivity contribution in [3.05, 3.63) is 18.1 Å². The molecule has 17 heavy (non-hydrogen) atoms. The first-order valence-electron chi connectivity index (χ1n) is 5.17. The second-order valence-electron chi connectivity index (χ2n) is 3.12. The van der Waals surface area contributed by atoms with Gasteiger partial charge in [0.15, 0.2) is 0 Å². The number of carbonyl (C=O) groups excluding carboxylic acids is 1. The molecule has 1 unspecified atom stereocenters. The molecule has 0 aliphatic carbocycles. The van der Waals surface area contributed by atoms with E-state index in [0.29, 0.717) is 23.9 Å². The van der Waals surface area contributed by atoms with Crippen LogP contribution in [0.2, 0.25) is 0 Å². The number of aromatic nitrogens is 2. The largest absolute Gasteiger partial charge is 0.463 e. The van der Waals surface area contributed by atoms with Crippen molar-refractivity contribution < 1.29 is 13.7 Å². The van der Waals surface area contributed by atoms with Gasteiger partial charge in [0.1, 0.15) is 5.82 Å². The molecule has 1 heterocycles. The Hall–Kier alpha value is -1.50. The molecule has 1 N–H and O–H groups in total. The summed E-state index contributed by atoms with van der Waals surface area (Å²) in [6.07, 6.45) is 1.47. The molecule has 0 spiro atoms. The molecule has 7 heteroatoms. The molecule has 1 aromatic rings. The van der Waals surface area contributed by atoms with Gasteiger partial charge in [0, 0.05) is 35.0 Å². The van der Waals surface area contributed by atoms with Crippen molar-refractivity contribution in [3.8, 4) is 0 Å². The third-order valence-electron chi connectivity index (χ3n) is 1.98. The number of hydrogen-bond donors (Lipinski definition) is 1. The number of carbonyl (C=O) groups is 1. The summed E-state index contributed by atoms with van der Waals surface area (Å²) >= 11 is 0. The third kappa shape index (κ3) is 4.48. The van der Waals surface area contributed by atoms with E-state index in [1.165, 1.54) is 13.3 Å².